The fourth-order valence-electron chi connectivity index (χ4n) is 2.48. The van der Waals surface area contributed by atoms with E-state index in [0.717, 1.165) is 18.5 Å². The molecule has 1 aromatic rings. The van der Waals surface area contributed by atoms with E-state index in [4.69, 9.17) is 10.8 Å². The molecule has 3 N–H and O–H groups in total. The van der Waals surface area contributed by atoms with Crippen LogP contribution in [0.5, 0.6) is 0 Å². The summed E-state index contributed by atoms with van der Waals surface area (Å²) < 4.78 is 0. The summed E-state index contributed by atoms with van der Waals surface area (Å²) in [7, 11) is 0. The lowest BCUT2D eigenvalue weighted by Gasteiger charge is -2.36. The van der Waals surface area contributed by atoms with Crippen molar-refractivity contribution in [2.24, 2.45) is 11.7 Å². The van der Waals surface area contributed by atoms with Crippen LogP contribution in [-0.2, 0) is 11.3 Å². The number of nitrogens with zero attached hydrogens (tertiary/aromatic N) is 2. The number of carbonyl (C=O) groups is 2. The van der Waals surface area contributed by atoms with Crippen LogP contribution in [0.3, 0.4) is 0 Å². The molecule has 2 heterocycles. The number of hydrogen-bond acceptors (Lipinski definition) is 4. The molecule has 0 saturated carbocycles. The lowest BCUT2D eigenvalue weighted by molar-refractivity contribution is -0.124. The monoisotopic (exact) mass is 277 g/mol. The molecule has 2 atom stereocenters. The highest BCUT2D eigenvalue weighted by Crippen LogP contribution is 2.23. The van der Waals surface area contributed by atoms with Crippen LogP contribution >= 0.6 is 0 Å². The van der Waals surface area contributed by atoms with E-state index in [-0.39, 0.29) is 17.4 Å². The number of carboxylic acid groups (broad SMARTS) is 1. The zero-order valence-corrected chi connectivity index (χ0v) is 11.5. The van der Waals surface area contributed by atoms with Gasteiger partial charge in [-0.25, -0.2) is 4.79 Å². The van der Waals surface area contributed by atoms with Crippen molar-refractivity contribution >= 4 is 11.9 Å². The highest BCUT2D eigenvalue weighted by atomic mass is 16.4. The molecule has 1 saturated heterocycles. The second-order valence-electron chi connectivity index (χ2n) is 5.30. The second-order valence-corrected chi connectivity index (χ2v) is 5.30. The van der Waals surface area contributed by atoms with Crippen molar-refractivity contribution in [1.29, 1.82) is 0 Å². The average molecular weight is 277 g/mol. The predicted molar refractivity (Wildman–Crippen MR) is 73.0 cm³/mol. The Bertz CT molecular complexity index is 501. The lowest BCUT2D eigenvalue weighted by Crippen LogP contribution is -2.45. The van der Waals surface area contributed by atoms with Gasteiger partial charge in [0, 0.05) is 25.3 Å². The van der Waals surface area contributed by atoms with Gasteiger partial charge in [-0.1, -0.05) is 0 Å². The molecule has 20 heavy (non-hydrogen) atoms. The van der Waals surface area contributed by atoms with Crippen LogP contribution in [0.15, 0.2) is 18.3 Å². The highest BCUT2D eigenvalue weighted by molar-refractivity contribution is 5.87. The van der Waals surface area contributed by atoms with Gasteiger partial charge in [0.15, 0.2) is 0 Å². The fourth-order valence-corrected chi connectivity index (χ4v) is 2.48. The van der Waals surface area contributed by atoms with Crippen LogP contribution in [0, 0.1) is 5.92 Å². The molecule has 6 heteroatoms. The third kappa shape index (κ3) is 3.33. The van der Waals surface area contributed by atoms with Gasteiger partial charge in [-0.15, -0.1) is 0 Å². The molecular formula is C14H19N3O3. The first-order valence-corrected chi connectivity index (χ1v) is 6.69. The first-order chi connectivity index (χ1) is 9.47. The number of primary amides is 1. The van der Waals surface area contributed by atoms with Gasteiger partial charge in [-0.3, -0.25) is 14.7 Å². The molecule has 6 nitrogen and oxygen atoms in total. The summed E-state index contributed by atoms with van der Waals surface area (Å²) >= 11 is 0. The third-order valence-electron chi connectivity index (χ3n) is 3.85. The lowest BCUT2D eigenvalue weighted by atomic mass is 9.93. The SMILES string of the molecule is CC1CCC(C(N)=O)CN1Cc1ccc(C(=O)O)cn1. The molecule has 1 fully saturated rings. The van der Waals surface area contributed by atoms with Crippen LogP contribution in [-0.4, -0.2) is 39.5 Å². The van der Waals surface area contributed by atoms with Crippen LogP contribution in [0.2, 0.25) is 0 Å². The van der Waals surface area contributed by atoms with Gasteiger partial charge in [0.25, 0.3) is 0 Å². The van der Waals surface area contributed by atoms with E-state index in [1.54, 1.807) is 12.1 Å². The van der Waals surface area contributed by atoms with Crippen LogP contribution in [0.4, 0.5) is 0 Å². The first kappa shape index (κ1) is 14.5. The van der Waals surface area contributed by atoms with Crippen molar-refractivity contribution in [3.05, 3.63) is 29.6 Å². The zero-order chi connectivity index (χ0) is 14.7. The van der Waals surface area contributed by atoms with Gasteiger partial charge >= 0.3 is 5.97 Å². The number of amides is 1. The summed E-state index contributed by atoms with van der Waals surface area (Å²) in [6.07, 6.45) is 3.12. The average Bonchev–Trinajstić information content (AvgIpc) is 2.41. The topological polar surface area (TPSA) is 96.5 Å². The van der Waals surface area contributed by atoms with E-state index in [9.17, 15) is 9.59 Å². The number of rotatable bonds is 4. The Balaban J connectivity index is 2.03. The summed E-state index contributed by atoms with van der Waals surface area (Å²) in [6.45, 7) is 3.35. The van der Waals surface area contributed by atoms with Crippen LogP contribution < -0.4 is 5.73 Å². The van der Waals surface area contributed by atoms with Crippen molar-refractivity contribution in [2.45, 2.75) is 32.4 Å². The number of carboxylic acids is 1. The minimum absolute atomic E-state index is 0.107. The van der Waals surface area contributed by atoms with E-state index in [1.165, 1.54) is 6.20 Å². The third-order valence-corrected chi connectivity index (χ3v) is 3.85. The van der Waals surface area contributed by atoms with Gasteiger partial charge in [0.2, 0.25) is 5.91 Å². The number of aromatic nitrogens is 1. The van der Waals surface area contributed by atoms with Crippen molar-refractivity contribution in [3.63, 3.8) is 0 Å². The number of hydrogen-bond donors (Lipinski definition) is 2. The highest BCUT2D eigenvalue weighted by Gasteiger charge is 2.28. The Morgan fingerprint density at radius 3 is 2.75 bits per heavy atom. The Morgan fingerprint density at radius 1 is 1.45 bits per heavy atom. The molecule has 0 bridgehead atoms. The van der Waals surface area contributed by atoms with E-state index < -0.39 is 5.97 Å². The molecule has 1 aliphatic heterocycles. The Morgan fingerprint density at radius 2 is 2.20 bits per heavy atom. The summed E-state index contributed by atoms with van der Waals surface area (Å²) in [4.78, 5) is 28.4. The van der Waals surface area contributed by atoms with E-state index in [1.807, 2.05) is 0 Å². The Kier molecular flexibility index (Phi) is 4.34. The van der Waals surface area contributed by atoms with Gasteiger partial charge < -0.3 is 10.8 Å². The molecule has 108 valence electrons. The summed E-state index contributed by atoms with van der Waals surface area (Å²) in [5, 5.41) is 8.83. The molecule has 1 aliphatic rings. The summed E-state index contributed by atoms with van der Waals surface area (Å²) in [6, 6.07) is 3.63. The number of nitrogens with two attached hydrogens (primary N) is 1. The molecule has 0 spiro atoms. The molecule has 0 radical (unpaired) electrons. The van der Waals surface area contributed by atoms with E-state index >= 15 is 0 Å². The standard InChI is InChI=1S/C14H19N3O3/c1-9-2-3-11(13(15)18)7-17(9)8-12-5-4-10(6-16-12)14(19)20/h4-6,9,11H,2-3,7-8H2,1H3,(H2,15,18)(H,19,20). The van der Waals surface area contributed by atoms with Gasteiger partial charge in [0.1, 0.15) is 0 Å². The van der Waals surface area contributed by atoms with E-state index in [0.29, 0.717) is 19.1 Å². The van der Waals surface area contributed by atoms with Crippen molar-refractivity contribution < 1.29 is 14.7 Å². The first-order valence-electron chi connectivity index (χ1n) is 6.69. The number of piperidine rings is 1. The van der Waals surface area contributed by atoms with E-state index in [2.05, 4.69) is 16.8 Å². The number of likely N-dealkylation sites (tertiary alicyclic amines) is 1. The quantitative estimate of drug-likeness (QED) is 0.851. The predicted octanol–water partition coefficient (Wildman–Crippen LogP) is 0.866. The molecule has 2 rings (SSSR count). The molecule has 0 aromatic carbocycles. The van der Waals surface area contributed by atoms with Gasteiger partial charge in [-0.05, 0) is 31.9 Å². The minimum Gasteiger partial charge on any atom is -0.478 e. The maximum atomic E-state index is 11.3. The molecular weight excluding hydrogens is 258 g/mol. The molecule has 1 aromatic heterocycles. The number of aromatic carboxylic acids is 1. The summed E-state index contributed by atoms with van der Waals surface area (Å²) in [5.74, 6) is -1.34. The van der Waals surface area contributed by atoms with Crippen LogP contribution in [0.1, 0.15) is 35.8 Å². The van der Waals surface area contributed by atoms with Crippen molar-refractivity contribution in [2.75, 3.05) is 6.54 Å². The van der Waals surface area contributed by atoms with Crippen LogP contribution in [0.25, 0.3) is 0 Å². The smallest absolute Gasteiger partial charge is 0.337 e. The summed E-state index contributed by atoms with van der Waals surface area (Å²) in [5.41, 5.74) is 6.35. The zero-order valence-electron chi connectivity index (χ0n) is 11.5. The van der Waals surface area contributed by atoms with Crippen molar-refractivity contribution in [3.8, 4) is 0 Å². The Hall–Kier alpha value is -1.95. The van der Waals surface area contributed by atoms with Gasteiger partial charge in [0.05, 0.1) is 17.2 Å². The second kappa shape index (κ2) is 6.00. The maximum absolute atomic E-state index is 11.3. The largest absolute Gasteiger partial charge is 0.478 e. The Labute approximate surface area is 117 Å². The number of carbonyl (C=O) groups excluding carboxylic acids is 1. The molecule has 1 amide bonds. The maximum Gasteiger partial charge on any atom is 0.337 e. The molecule has 0 aliphatic carbocycles. The normalized spacial score (nSPS) is 23.4. The van der Waals surface area contributed by atoms with Gasteiger partial charge in [-0.2, -0.15) is 0 Å². The fraction of sp³-hybridized carbons (Fsp3) is 0.500. The minimum atomic E-state index is -0.982. The van der Waals surface area contributed by atoms with Crippen molar-refractivity contribution in [1.82, 2.24) is 9.88 Å². The molecule has 2 unspecified atom stereocenters. The number of pyridine rings is 1.